The molecule has 1 aromatic rings. The van der Waals surface area contributed by atoms with Crippen molar-refractivity contribution in [2.45, 2.75) is 25.2 Å². The maximum absolute atomic E-state index is 12.5. The van der Waals surface area contributed by atoms with Crippen LogP contribution in [0.5, 0.6) is 0 Å². The molecular weight excluding hydrogens is 276 g/mol. The molecule has 110 valence electrons. The van der Waals surface area contributed by atoms with E-state index in [-0.39, 0.29) is 24.2 Å². The second-order valence-electron chi connectivity index (χ2n) is 5.32. The lowest BCUT2D eigenvalue weighted by Crippen LogP contribution is -2.56. The van der Waals surface area contributed by atoms with Crippen molar-refractivity contribution in [1.82, 2.24) is 10.2 Å². The highest BCUT2D eigenvalue weighted by Crippen LogP contribution is 2.27. The van der Waals surface area contributed by atoms with Gasteiger partial charge in [0.1, 0.15) is 12.1 Å². The number of carbonyl (C=O) groups is 1. The molecular formula is C14H20N2O3S. The summed E-state index contributed by atoms with van der Waals surface area (Å²) in [6.45, 7) is 5.18. The summed E-state index contributed by atoms with van der Waals surface area (Å²) in [4.78, 5) is 14.4. The van der Waals surface area contributed by atoms with Crippen molar-refractivity contribution in [2.75, 3.05) is 32.8 Å². The third-order valence-electron chi connectivity index (χ3n) is 3.71. The highest BCUT2D eigenvalue weighted by molar-refractivity contribution is 7.07. The van der Waals surface area contributed by atoms with Crippen molar-refractivity contribution >= 4 is 17.2 Å². The van der Waals surface area contributed by atoms with E-state index in [2.05, 4.69) is 16.8 Å². The second kappa shape index (κ2) is 6.22. The predicted octanol–water partition coefficient (Wildman–Crippen LogP) is 1.02. The lowest BCUT2D eigenvalue weighted by atomic mass is 10.1. The average Bonchev–Trinajstić information content (AvgIpc) is 3.01. The van der Waals surface area contributed by atoms with Crippen LogP contribution >= 0.6 is 11.3 Å². The van der Waals surface area contributed by atoms with Crippen LogP contribution in [-0.2, 0) is 14.3 Å². The molecule has 6 heteroatoms. The highest BCUT2D eigenvalue weighted by atomic mass is 32.1. The van der Waals surface area contributed by atoms with Gasteiger partial charge >= 0.3 is 0 Å². The smallest absolute Gasteiger partial charge is 0.242 e. The zero-order valence-electron chi connectivity index (χ0n) is 11.6. The van der Waals surface area contributed by atoms with Gasteiger partial charge in [-0.25, -0.2) is 0 Å². The summed E-state index contributed by atoms with van der Waals surface area (Å²) in [6.07, 6.45) is 0.0422. The fourth-order valence-electron chi connectivity index (χ4n) is 2.72. The number of amides is 1. The molecule has 3 atom stereocenters. The number of carbonyl (C=O) groups excluding carboxylic acids is 1. The van der Waals surface area contributed by atoms with E-state index in [1.54, 1.807) is 11.3 Å². The van der Waals surface area contributed by atoms with Crippen LogP contribution in [0.4, 0.5) is 0 Å². The molecule has 0 radical (unpaired) electrons. The summed E-state index contributed by atoms with van der Waals surface area (Å²) in [5, 5.41) is 7.36. The van der Waals surface area contributed by atoms with Gasteiger partial charge in [0, 0.05) is 13.1 Å². The van der Waals surface area contributed by atoms with Crippen LogP contribution < -0.4 is 5.32 Å². The molecule has 3 unspecified atom stereocenters. The second-order valence-corrected chi connectivity index (χ2v) is 6.10. The van der Waals surface area contributed by atoms with Gasteiger partial charge in [-0.1, -0.05) is 0 Å². The Morgan fingerprint density at radius 2 is 2.40 bits per heavy atom. The molecule has 2 aliphatic heterocycles. The quantitative estimate of drug-likeness (QED) is 0.885. The van der Waals surface area contributed by atoms with Crippen LogP contribution in [0, 0.1) is 0 Å². The Balaban J connectivity index is 1.67. The van der Waals surface area contributed by atoms with E-state index in [0.717, 1.165) is 12.1 Å². The molecule has 0 spiro atoms. The summed E-state index contributed by atoms with van der Waals surface area (Å²) in [6, 6.07) is 1.86. The minimum absolute atomic E-state index is 0.0153. The first-order valence-electron chi connectivity index (χ1n) is 7.01. The number of thiophene rings is 1. The monoisotopic (exact) mass is 296 g/mol. The van der Waals surface area contributed by atoms with Gasteiger partial charge in [0.15, 0.2) is 0 Å². The maximum Gasteiger partial charge on any atom is 0.242 e. The lowest BCUT2D eigenvalue weighted by Gasteiger charge is -2.39. The van der Waals surface area contributed by atoms with Crippen LogP contribution in [0.3, 0.4) is 0 Å². The number of nitrogens with zero attached hydrogens (tertiary/aromatic N) is 1. The number of ether oxygens (including phenoxy) is 2. The minimum Gasteiger partial charge on any atom is -0.378 e. The Kier molecular flexibility index (Phi) is 4.35. The summed E-state index contributed by atoms with van der Waals surface area (Å²) < 4.78 is 11.3. The van der Waals surface area contributed by atoms with E-state index < -0.39 is 0 Å². The Morgan fingerprint density at radius 1 is 1.50 bits per heavy atom. The van der Waals surface area contributed by atoms with Crippen LogP contribution in [0.2, 0.25) is 0 Å². The van der Waals surface area contributed by atoms with Gasteiger partial charge in [-0.2, -0.15) is 11.3 Å². The molecule has 1 amide bonds. The summed E-state index contributed by atoms with van der Waals surface area (Å²) >= 11 is 1.66. The molecule has 5 nitrogen and oxygen atoms in total. The van der Waals surface area contributed by atoms with E-state index in [1.807, 2.05) is 17.2 Å². The van der Waals surface area contributed by atoms with E-state index in [9.17, 15) is 4.79 Å². The van der Waals surface area contributed by atoms with Gasteiger partial charge in [-0.05, 0) is 29.3 Å². The number of rotatable bonds is 2. The Morgan fingerprint density at radius 3 is 3.10 bits per heavy atom. The van der Waals surface area contributed by atoms with Gasteiger partial charge in [-0.3, -0.25) is 4.79 Å². The van der Waals surface area contributed by atoms with Crippen molar-refractivity contribution in [3.05, 3.63) is 22.4 Å². The third-order valence-corrected chi connectivity index (χ3v) is 4.41. The molecule has 0 saturated carbocycles. The van der Waals surface area contributed by atoms with Crippen LogP contribution in [-0.4, -0.2) is 55.8 Å². The van der Waals surface area contributed by atoms with Crippen LogP contribution in [0.1, 0.15) is 18.6 Å². The molecule has 0 bridgehead atoms. The Bertz CT molecular complexity index is 445. The van der Waals surface area contributed by atoms with E-state index >= 15 is 0 Å². The minimum atomic E-state index is -0.211. The normalized spacial score (nSPS) is 31.2. The first-order valence-corrected chi connectivity index (χ1v) is 7.96. The van der Waals surface area contributed by atoms with Crippen molar-refractivity contribution in [3.8, 4) is 0 Å². The molecule has 0 aromatic carbocycles. The van der Waals surface area contributed by atoms with Crippen molar-refractivity contribution < 1.29 is 14.3 Å². The van der Waals surface area contributed by atoms with Gasteiger partial charge in [0.05, 0.1) is 25.9 Å². The van der Waals surface area contributed by atoms with Crippen molar-refractivity contribution in [3.63, 3.8) is 0 Å². The first-order chi connectivity index (χ1) is 9.74. The standard InChI is InChI=1S/C14H20N2O3S/c1-10-6-16(14(17)12-8-18-4-3-15-12)7-13(19-10)11-2-5-20-9-11/h2,5,9-10,12-13,15H,3-4,6-8H2,1H3. The Labute approximate surface area is 122 Å². The molecule has 1 aromatic heterocycles. The number of hydrogen-bond donors (Lipinski definition) is 1. The number of hydrogen-bond acceptors (Lipinski definition) is 5. The highest BCUT2D eigenvalue weighted by Gasteiger charge is 2.33. The molecule has 3 heterocycles. The van der Waals surface area contributed by atoms with Gasteiger partial charge < -0.3 is 19.7 Å². The summed E-state index contributed by atoms with van der Waals surface area (Å²) in [5.41, 5.74) is 1.16. The number of morpholine rings is 2. The average molecular weight is 296 g/mol. The molecule has 1 N–H and O–H groups in total. The van der Waals surface area contributed by atoms with Crippen LogP contribution in [0.15, 0.2) is 16.8 Å². The molecule has 2 fully saturated rings. The summed E-state index contributed by atoms with van der Waals surface area (Å²) in [5.74, 6) is 0.125. The van der Waals surface area contributed by atoms with Gasteiger partial charge in [0.2, 0.25) is 5.91 Å². The molecule has 3 rings (SSSR count). The molecule has 2 saturated heterocycles. The zero-order valence-corrected chi connectivity index (χ0v) is 12.4. The van der Waals surface area contributed by atoms with E-state index in [1.165, 1.54) is 0 Å². The largest absolute Gasteiger partial charge is 0.378 e. The SMILES string of the molecule is CC1CN(C(=O)C2COCCN2)CC(c2ccsc2)O1. The third kappa shape index (κ3) is 3.03. The fourth-order valence-corrected chi connectivity index (χ4v) is 3.42. The summed E-state index contributed by atoms with van der Waals surface area (Å²) in [7, 11) is 0. The maximum atomic E-state index is 12.5. The van der Waals surface area contributed by atoms with E-state index in [0.29, 0.717) is 26.3 Å². The molecule has 0 aliphatic carbocycles. The van der Waals surface area contributed by atoms with Crippen molar-refractivity contribution in [1.29, 1.82) is 0 Å². The van der Waals surface area contributed by atoms with Gasteiger partial charge in [0.25, 0.3) is 0 Å². The lowest BCUT2D eigenvalue weighted by molar-refractivity contribution is -0.149. The van der Waals surface area contributed by atoms with Crippen molar-refractivity contribution in [2.24, 2.45) is 0 Å². The van der Waals surface area contributed by atoms with E-state index in [4.69, 9.17) is 9.47 Å². The fraction of sp³-hybridized carbons (Fsp3) is 0.643. The zero-order chi connectivity index (χ0) is 13.9. The molecule has 2 aliphatic rings. The van der Waals surface area contributed by atoms with Crippen LogP contribution in [0.25, 0.3) is 0 Å². The topological polar surface area (TPSA) is 50.8 Å². The molecule has 20 heavy (non-hydrogen) atoms. The Hall–Kier alpha value is -0.950. The first kappa shape index (κ1) is 14.0. The number of nitrogens with one attached hydrogen (secondary N) is 1. The predicted molar refractivity (Wildman–Crippen MR) is 76.8 cm³/mol. The van der Waals surface area contributed by atoms with Gasteiger partial charge in [-0.15, -0.1) is 0 Å².